The van der Waals surface area contributed by atoms with Gasteiger partial charge in [0.1, 0.15) is 0 Å². The van der Waals surface area contributed by atoms with E-state index < -0.39 is 47.5 Å². The minimum absolute atomic E-state index is 0.0274. The third-order valence-corrected chi connectivity index (χ3v) is 8.00. The van der Waals surface area contributed by atoms with E-state index in [4.69, 9.17) is 4.74 Å². The summed E-state index contributed by atoms with van der Waals surface area (Å²) in [6.07, 6.45) is 0.778. The minimum Gasteiger partial charge on any atom is -0.481 e. The van der Waals surface area contributed by atoms with Crippen LogP contribution >= 0.6 is 0 Å². The summed E-state index contributed by atoms with van der Waals surface area (Å²) in [5, 5.41) is 20.1. The van der Waals surface area contributed by atoms with Crippen molar-refractivity contribution < 1.29 is 34.1 Å². The zero-order valence-electron chi connectivity index (χ0n) is 25.0. The van der Waals surface area contributed by atoms with Crippen molar-refractivity contribution in [2.24, 2.45) is 23.7 Å². The molecule has 232 valence electrons. The van der Waals surface area contributed by atoms with E-state index in [2.05, 4.69) is 0 Å². The van der Waals surface area contributed by atoms with Crippen LogP contribution in [-0.2, 0) is 49.6 Å². The summed E-state index contributed by atoms with van der Waals surface area (Å²) in [5.74, 6) is -7.27. The van der Waals surface area contributed by atoms with Gasteiger partial charge in [-0.25, -0.2) is 0 Å². The average Bonchev–Trinajstić information content (AvgIpc) is 3.05. The molecule has 0 saturated heterocycles. The molecule has 0 aromatic heterocycles. The van der Waals surface area contributed by atoms with E-state index in [9.17, 15) is 29.4 Å². The monoisotopic (exact) mass is 606 g/mol. The summed E-state index contributed by atoms with van der Waals surface area (Å²) in [6.45, 7) is 0. The Morgan fingerprint density at radius 2 is 0.667 bits per heavy atom. The molecule has 0 radical (unpaired) electrons. The van der Waals surface area contributed by atoms with E-state index in [0.717, 1.165) is 22.3 Å². The quantitative estimate of drug-likeness (QED) is 0.111. The van der Waals surface area contributed by atoms with Crippen LogP contribution in [0.2, 0.25) is 0 Å². The first-order valence-electron chi connectivity index (χ1n) is 15.1. The molecule has 0 fully saturated rings. The van der Waals surface area contributed by atoms with Gasteiger partial charge in [0, 0.05) is 0 Å². The van der Waals surface area contributed by atoms with Crippen LogP contribution in [0.4, 0.5) is 0 Å². The zero-order valence-corrected chi connectivity index (χ0v) is 25.0. The second-order valence-electron chi connectivity index (χ2n) is 11.4. The van der Waals surface area contributed by atoms with E-state index >= 15 is 0 Å². The van der Waals surface area contributed by atoms with Gasteiger partial charge in [0.15, 0.2) is 0 Å². The molecular weight excluding hydrogens is 568 g/mol. The molecule has 0 aliphatic heterocycles. The summed E-state index contributed by atoms with van der Waals surface area (Å²) in [5.41, 5.74) is 3.28. The van der Waals surface area contributed by atoms with Crippen LogP contribution in [0.5, 0.6) is 0 Å². The summed E-state index contributed by atoms with van der Waals surface area (Å²) >= 11 is 0. The highest BCUT2D eigenvalue weighted by molar-refractivity contribution is 5.89. The molecule has 0 bridgehead atoms. The molecule has 0 heterocycles. The van der Waals surface area contributed by atoms with Crippen LogP contribution in [0, 0.1) is 23.7 Å². The van der Waals surface area contributed by atoms with Crippen molar-refractivity contribution in [1.29, 1.82) is 0 Å². The zero-order chi connectivity index (χ0) is 32.0. The largest absolute Gasteiger partial charge is 0.481 e. The van der Waals surface area contributed by atoms with Crippen LogP contribution in [0.3, 0.4) is 0 Å². The number of ether oxygens (including phenoxy) is 1. The van der Waals surface area contributed by atoms with Crippen molar-refractivity contribution in [1.82, 2.24) is 0 Å². The van der Waals surface area contributed by atoms with Crippen LogP contribution in [0.25, 0.3) is 0 Å². The number of rotatable bonds is 16. The number of carboxylic acid groups (broad SMARTS) is 2. The number of hydrogen-bond donors (Lipinski definition) is 2. The minimum atomic E-state index is -1.04. The number of carbonyl (C=O) groups is 4. The van der Waals surface area contributed by atoms with Gasteiger partial charge in [-0.2, -0.15) is 0 Å². The topological polar surface area (TPSA) is 118 Å². The van der Waals surface area contributed by atoms with Gasteiger partial charge in [-0.1, -0.05) is 121 Å². The Bertz CT molecular complexity index is 1400. The van der Waals surface area contributed by atoms with E-state index in [1.54, 1.807) is 0 Å². The fraction of sp³-hybridized carbons (Fsp3) is 0.263. The van der Waals surface area contributed by atoms with Crippen LogP contribution in [0.15, 0.2) is 121 Å². The standard InChI is InChI=1S/C38H38O7/c39-35(40)31(21-27-13-5-1-6-14-27)25-33(23-29-17-9-3-10-18-29)37(43)45-38(44)34(24-30-19-11-4-12-20-30)26-32(36(41)42)22-28-15-7-2-8-16-28/h1-20,31-34H,21-26H2,(H,39,40)(H,41,42). The number of hydrogen-bond acceptors (Lipinski definition) is 5. The molecule has 4 aromatic carbocycles. The highest BCUT2D eigenvalue weighted by Crippen LogP contribution is 2.26. The third-order valence-electron chi connectivity index (χ3n) is 8.00. The first-order valence-corrected chi connectivity index (χ1v) is 15.1. The molecule has 2 N–H and O–H groups in total. The lowest BCUT2D eigenvalue weighted by Gasteiger charge is -2.23. The summed E-state index contributed by atoms with van der Waals surface area (Å²) in [6, 6.07) is 36.8. The second kappa shape index (κ2) is 16.7. The lowest BCUT2D eigenvalue weighted by Crippen LogP contribution is -2.33. The van der Waals surface area contributed by atoms with E-state index in [-0.39, 0.29) is 38.5 Å². The molecule has 0 aliphatic rings. The fourth-order valence-electron chi connectivity index (χ4n) is 5.62. The number of aliphatic carboxylic acids is 2. The number of benzene rings is 4. The van der Waals surface area contributed by atoms with Gasteiger partial charge in [-0.3, -0.25) is 19.2 Å². The van der Waals surface area contributed by atoms with Crippen molar-refractivity contribution >= 4 is 23.9 Å². The number of carboxylic acids is 2. The predicted molar refractivity (Wildman–Crippen MR) is 170 cm³/mol. The van der Waals surface area contributed by atoms with Gasteiger partial charge >= 0.3 is 23.9 Å². The Kier molecular flexibility index (Phi) is 12.2. The predicted octanol–water partition coefficient (Wildman–Crippen LogP) is 6.44. The second-order valence-corrected chi connectivity index (χ2v) is 11.4. The lowest BCUT2D eigenvalue weighted by atomic mass is 9.85. The molecule has 0 saturated carbocycles. The maximum absolute atomic E-state index is 13.7. The molecule has 4 rings (SSSR count). The lowest BCUT2D eigenvalue weighted by molar-refractivity contribution is -0.166. The Morgan fingerprint density at radius 3 is 0.911 bits per heavy atom. The SMILES string of the molecule is O=C(O)C(Cc1ccccc1)CC(Cc1ccccc1)C(=O)OC(=O)C(Cc1ccccc1)CC(Cc1ccccc1)C(=O)O. The summed E-state index contributed by atoms with van der Waals surface area (Å²) < 4.78 is 5.52. The first kappa shape index (κ1) is 32.9. The first-order chi connectivity index (χ1) is 21.8. The highest BCUT2D eigenvalue weighted by atomic mass is 16.6. The third kappa shape index (κ3) is 10.6. The molecule has 45 heavy (non-hydrogen) atoms. The van der Waals surface area contributed by atoms with Gasteiger partial charge < -0.3 is 14.9 Å². The van der Waals surface area contributed by atoms with Crippen LogP contribution in [-0.4, -0.2) is 34.1 Å². The number of carbonyl (C=O) groups excluding carboxylic acids is 2. The molecule has 4 unspecified atom stereocenters. The molecule has 7 heteroatoms. The Morgan fingerprint density at radius 1 is 0.422 bits per heavy atom. The molecule has 0 amide bonds. The van der Waals surface area contributed by atoms with Gasteiger partial charge in [0.2, 0.25) is 0 Å². The van der Waals surface area contributed by atoms with E-state index in [1.165, 1.54) is 0 Å². The maximum atomic E-state index is 13.7. The fourth-order valence-corrected chi connectivity index (χ4v) is 5.62. The van der Waals surface area contributed by atoms with E-state index in [1.807, 2.05) is 121 Å². The Labute approximate surface area is 263 Å². The maximum Gasteiger partial charge on any atom is 0.316 e. The Balaban J connectivity index is 1.56. The van der Waals surface area contributed by atoms with Gasteiger partial charge in [-0.15, -0.1) is 0 Å². The smallest absolute Gasteiger partial charge is 0.316 e. The average molecular weight is 607 g/mol. The van der Waals surface area contributed by atoms with Gasteiger partial charge in [0.05, 0.1) is 23.7 Å². The molecule has 4 atom stereocenters. The highest BCUT2D eigenvalue weighted by Gasteiger charge is 2.34. The summed E-state index contributed by atoms with van der Waals surface area (Å²) in [4.78, 5) is 52.0. The number of esters is 2. The van der Waals surface area contributed by atoms with Crippen molar-refractivity contribution in [2.75, 3.05) is 0 Å². The molecule has 0 spiro atoms. The molecule has 7 nitrogen and oxygen atoms in total. The summed E-state index contributed by atoms with van der Waals surface area (Å²) in [7, 11) is 0. The van der Waals surface area contributed by atoms with Crippen LogP contribution < -0.4 is 0 Å². The Hall–Kier alpha value is -5.04. The van der Waals surface area contributed by atoms with Crippen LogP contribution in [0.1, 0.15) is 35.1 Å². The molecule has 0 aliphatic carbocycles. The van der Waals surface area contributed by atoms with Gasteiger partial charge in [-0.05, 0) is 60.8 Å². The van der Waals surface area contributed by atoms with Crippen molar-refractivity contribution in [3.63, 3.8) is 0 Å². The van der Waals surface area contributed by atoms with Crippen molar-refractivity contribution in [3.8, 4) is 0 Å². The molecule has 4 aromatic rings. The van der Waals surface area contributed by atoms with Crippen molar-refractivity contribution in [3.05, 3.63) is 144 Å². The normalized spacial score (nSPS) is 13.6. The van der Waals surface area contributed by atoms with Crippen molar-refractivity contribution in [2.45, 2.75) is 38.5 Å². The van der Waals surface area contributed by atoms with E-state index in [0.29, 0.717) is 0 Å². The molecular formula is C38H38O7. The van der Waals surface area contributed by atoms with Gasteiger partial charge in [0.25, 0.3) is 0 Å².